The van der Waals surface area contributed by atoms with Gasteiger partial charge >= 0.3 is 0 Å². The maximum Gasteiger partial charge on any atom is 0.218 e. The van der Waals surface area contributed by atoms with Crippen molar-refractivity contribution in [1.82, 2.24) is 0 Å². The van der Waals surface area contributed by atoms with Gasteiger partial charge in [-0.3, -0.25) is 0 Å². The molecule has 4 aromatic carbocycles. The van der Waals surface area contributed by atoms with Crippen LogP contribution in [0.2, 0.25) is 0 Å². The molecule has 2 aliphatic rings. The molecule has 3 heterocycles. The summed E-state index contributed by atoms with van der Waals surface area (Å²) in [5, 5.41) is 2.65. The molecule has 46 heavy (non-hydrogen) atoms. The molecule has 2 nitrogen and oxygen atoms in total. The molecule has 0 saturated carbocycles. The lowest BCUT2D eigenvalue weighted by Gasteiger charge is -2.31. The molecular formula is C42H36F2N2+2. The number of nitrogens with zero attached hydrogens (tertiary/aromatic N) is 2. The number of hydrogen-bond donors (Lipinski definition) is 0. The zero-order valence-electron chi connectivity index (χ0n) is 26.4. The topological polar surface area (TPSA) is 7.76 Å². The van der Waals surface area contributed by atoms with E-state index in [1.54, 1.807) is 6.20 Å². The van der Waals surface area contributed by atoms with E-state index in [4.69, 9.17) is 0 Å². The molecule has 0 atom stereocenters. The van der Waals surface area contributed by atoms with E-state index >= 15 is 0 Å². The van der Waals surface area contributed by atoms with Crippen molar-refractivity contribution in [3.63, 3.8) is 0 Å². The predicted molar refractivity (Wildman–Crippen MR) is 181 cm³/mol. The van der Waals surface area contributed by atoms with Gasteiger partial charge in [0.15, 0.2) is 18.1 Å². The number of rotatable bonds is 5. The lowest BCUT2D eigenvalue weighted by molar-refractivity contribution is -0.660. The third-order valence-electron chi connectivity index (χ3n) is 10.5. The number of hydrogen-bond acceptors (Lipinski definition) is 0. The Balaban J connectivity index is 1.26. The second kappa shape index (κ2) is 10.8. The fourth-order valence-corrected chi connectivity index (χ4v) is 8.15. The van der Waals surface area contributed by atoms with E-state index in [1.807, 2.05) is 17.7 Å². The minimum Gasteiger partial charge on any atom is -0.207 e. The predicted octanol–water partition coefficient (Wildman–Crippen LogP) is 9.29. The minimum atomic E-state index is -0.340. The normalized spacial score (nSPS) is 15.0. The summed E-state index contributed by atoms with van der Waals surface area (Å²) in [7, 11) is 1.86. The lowest BCUT2D eigenvalue weighted by atomic mass is 9.72. The van der Waals surface area contributed by atoms with Crippen molar-refractivity contribution in [3.05, 3.63) is 149 Å². The Bertz CT molecular complexity index is 2220. The summed E-state index contributed by atoms with van der Waals surface area (Å²) in [6, 6.07) is 32.5. The number of fused-ring (bicyclic) bond motifs is 8. The highest BCUT2D eigenvalue weighted by Gasteiger charge is 2.43. The Morgan fingerprint density at radius 3 is 2.37 bits per heavy atom. The summed E-state index contributed by atoms with van der Waals surface area (Å²) in [6.45, 7) is 4.67. The SMILES string of the molecule is CCC1(CC)c2cc3c(cc2-c2ccc4ccccc4c21)C/C(=C/Cc1ccc(F)cc1-c1cc(F)cc[n+]1C)[n+]1ccccc1-3. The largest absolute Gasteiger partial charge is 0.218 e. The smallest absolute Gasteiger partial charge is 0.207 e. The standard InChI is InChI=1S/C42H36F2N2/c1-4-42(5-2)38-26-36-29(23-37(38)34-18-15-27-10-6-7-11-33(27)41(34)42)22-32(46-20-9-8-12-39(36)46)17-14-28-13-16-30(43)24-35(28)40-25-31(44)19-21-45(40)3/h6-13,15-21,23-26H,4-5,14,22H2,1-3H3/q+2/b32-17-. The van der Waals surface area contributed by atoms with Gasteiger partial charge in [0.25, 0.3) is 0 Å². The van der Waals surface area contributed by atoms with Gasteiger partial charge in [-0.05, 0) is 99.8 Å². The summed E-state index contributed by atoms with van der Waals surface area (Å²) in [5.41, 5.74) is 12.8. The molecule has 0 spiro atoms. The van der Waals surface area contributed by atoms with Gasteiger partial charge in [0.05, 0.1) is 17.5 Å². The van der Waals surface area contributed by atoms with E-state index < -0.39 is 0 Å². The Morgan fingerprint density at radius 2 is 1.52 bits per heavy atom. The van der Waals surface area contributed by atoms with Crippen molar-refractivity contribution >= 4 is 16.5 Å². The molecule has 0 unspecified atom stereocenters. The van der Waals surface area contributed by atoms with Crippen LogP contribution in [0, 0.1) is 11.6 Å². The van der Waals surface area contributed by atoms with Crippen LogP contribution in [0.5, 0.6) is 0 Å². The van der Waals surface area contributed by atoms with Crippen LogP contribution in [-0.2, 0) is 25.3 Å². The molecule has 0 N–H and O–H groups in total. The van der Waals surface area contributed by atoms with E-state index in [0.29, 0.717) is 17.7 Å². The van der Waals surface area contributed by atoms with Gasteiger partial charge in [0.2, 0.25) is 11.4 Å². The van der Waals surface area contributed by atoms with E-state index in [1.165, 1.54) is 79.8 Å². The Morgan fingerprint density at radius 1 is 0.717 bits per heavy atom. The molecule has 4 heteroatoms. The minimum absolute atomic E-state index is 0.0394. The van der Waals surface area contributed by atoms with E-state index in [0.717, 1.165) is 24.8 Å². The molecule has 1 aliphatic carbocycles. The van der Waals surface area contributed by atoms with Crippen LogP contribution in [0.15, 0.2) is 116 Å². The second-order valence-corrected chi connectivity index (χ2v) is 12.7. The molecule has 8 rings (SSSR count). The van der Waals surface area contributed by atoms with Gasteiger partial charge in [-0.1, -0.05) is 56.3 Å². The summed E-state index contributed by atoms with van der Waals surface area (Å²) < 4.78 is 32.9. The first kappa shape index (κ1) is 28.5. The Labute approximate surface area is 268 Å². The summed E-state index contributed by atoms with van der Waals surface area (Å²) >= 11 is 0. The van der Waals surface area contributed by atoms with Crippen molar-refractivity contribution in [2.75, 3.05) is 0 Å². The van der Waals surface area contributed by atoms with Crippen molar-refractivity contribution in [3.8, 4) is 33.6 Å². The molecule has 0 fully saturated rings. The van der Waals surface area contributed by atoms with Crippen LogP contribution >= 0.6 is 0 Å². The third-order valence-corrected chi connectivity index (χ3v) is 10.5. The average Bonchev–Trinajstić information content (AvgIpc) is 3.37. The lowest BCUT2D eigenvalue weighted by Crippen LogP contribution is -2.38. The van der Waals surface area contributed by atoms with Crippen LogP contribution in [0.25, 0.3) is 50.1 Å². The third kappa shape index (κ3) is 4.27. The fourth-order valence-electron chi connectivity index (χ4n) is 8.15. The highest BCUT2D eigenvalue weighted by Crippen LogP contribution is 2.56. The van der Waals surface area contributed by atoms with E-state index in [-0.39, 0.29) is 17.0 Å². The maximum absolute atomic E-state index is 14.5. The van der Waals surface area contributed by atoms with Gasteiger partial charge in [0.1, 0.15) is 18.7 Å². The van der Waals surface area contributed by atoms with Gasteiger partial charge in [-0.2, -0.15) is 4.57 Å². The second-order valence-electron chi connectivity index (χ2n) is 12.7. The molecule has 226 valence electrons. The van der Waals surface area contributed by atoms with E-state index in [9.17, 15) is 8.78 Å². The first-order chi connectivity index (χ1) is 22.4. The Hall–Kier alpha value is -4.96. The molecule has 1 aliphatic heterocycles. The highest BCUT2D eigenvalue weighted by atomic mass is 19.1. The first-order valence-electron chi connectivity index (χ1n) is 16.3. The number of aromatic nitrogens is 2. The molecule has 0 amide bonds. The summed E-state index contributed by atoms with van der Waals surface area (Å²) in [6.07, 6.45) is 9.52. The number of benzene rings is 4. The Kier molecular flexibility index (Phi) is 6.72. The van der Waals surface area contributed by atoms with Crippen molar-refractivity contribution in [2.45, 2.75) is 44.9 Å². The van der Waals surface area contributed by atoms with Gasteiger partial charge in [-0.15, -0.1) is 0 Å². The number of halogens is 2. The van der Waals surface area contributed by atoms with Gasteiger partial charge in [0, 0.05) is 29.7 Å². The first-order valence-corrected chi connectivity index (χ1v) is 16.3. The number of aryl methyl sites for hydroxylation is 1. The highest BCUT2D eigenvalue weighted by molar-refractivity contribution is 5.98. The van der Waals surface area contributed by atoms with E-state index in [2.05, 4.69) is 97.4 Å². The van der Waals surface area contributed by atoms with Crippen LogP contribution in [0.3, 0.4) is 0 Å². The quantitative estimate of drug-likeness (QED) is 0.173. The van der Waals surface area contributed by atoms with Crippen molar-refractivity contribution < 1.29 is 17.9 Å². The molecule has 0 bridgehead atoms. The molecule has 0 saturated heterocycles. The maximum atomic E-state index is 14.5. The van der Waals surface area contributed by atoms with Crippen LogP contribution in [0.1, 0.15) is 48.9 Å². The average molecular weight is 607 g/mol. The number of pyridine rings is 2. The van der Waals surface area contributed by atoms with Crippen molar-refractivity contribution in [2.24, 2.45) is 7.05 Å². The van der Waals surface area contributed by atoms with Crippen LogP contribution in [-0.4, -0.2) is 0 Å². The van der Waals surface area contributed by atoms with Gasteiger partial charge in [-0.25, -0.2) is 13.3 Å². The molecular weight excluding hydrogens is 570 g/mol. The zero-order chi connectivity index (χ0) is 31.6. The summed E-state index contributed by atoms with van der Waals surface area (Å²) in [4.78, 5) is 0. The zero-order valence-corrected chi connectivity index (χ0v) is 26.4. The van der Waals surface area contributed by atoms with Crippen LogP contribution < -0.4 is 9.13 Å². The van der Waals surface area contributed by atoms with Crippen molar-refractivity contribution in [1.29, 1.82) is 0 Å². The molecule has 6 aromatic rings. The fraction of sp³-hybridized carbons (Fsp3) is 0.190. The monoisotopic (exact) mass is 606 g/mol. The van der Waals surface area contributed by atoms with Crippen LogP contribution in [0.4, 0.5) is 8.78 Å². The number of allylic oxidation sites excluding steroid dienone is 2. The van der Waals surface area contributed by atoms with Gasteiger partial charge < -0.3 is 0 Å². The molecule has 2 aromatic heterocycles. The molecule has 0 radical (unpaired) electrons. The summed E-state index contributed by atoms with van der Waals surface area (Å²) in [5.74, 6) is -0.675.